The first kappa shape index (κ1) is 16.1. The predicted molar refractivity (Wildman–Crippen MR) is 87.2 cm³/mol. The fraction of sp³-hybridized carbons (Fsp3) is 0.412. The summed E-state index contributed by atoms with van der Waals surface area (Å²) in [6, 6.07) is 3.71. The highest BCUT2D eigenvalue weighted by Crippen LogP contribution is 2.15. The van der Waals surface area contributed by atoms with E-state index in [-0.39, 0.29) is 5.91 Å². The Morgan fingerprint density at radius 3 is 2.73 bits per heavy atom. The molecule has 2 aromatic heterocycles. The Bertz CT molecular complexity index is 693. The van der Waals surface area contributed by atoms with Crippen LogP contribution in [0.25, 0.3) is 0 Å². The molecule has 22 heavy (non-hydrogen) atoms. The molecule has 0 saturated carbocycles. The summed E-state index contributed by atoms with van der Waals surface area (Å²) in [4.78, 5) is 11.9. The fourth-order valence-corrected chi connectivity index (χ4v) is 2.45. The lowest BCUT2D eigenvalue weighted by Gasteiger charge is -2.11. The molecular formula is C17H23N3O2. The quantitative estimate of drug-likeness (QED) is 0.679. The van der Waals surface area contributed by atoms with Gasteiger partial charge in [-0.3, -0.25) is 4.79 Å². The second-order valence-corrected chi connectivity index (χ2v) is 5.92. The van der Waals surface area contributed by atoms with Crippen molar-refractivity contribution in [3.63, 3.8) is 0 Å². The number of aromatic nitrogens is 1. The SMILES string of the molecule is Cc1occc1C(=O)N/N=C/c1cc(C)n(CC(C)C)c1C. The Balaban J connectivity index is 2.08. The van der Waals surface area contributed by atoms with Gasteiger partial charge in [-0.15, -0.1) is 0 Å². The Morgan fingerprint density at radius 1 is 1.41 bits per heavy atom. The molecule has 0 spiro atoms. The number of nitrogens with zero attached hydrogens (tertiary/aromatic N) is 2. The number of amides is 1. The van der Waals surface area contributed by atoms with Gasteiger partial charge in [-0.2, -0.15) is 5.10 Å². The maximum absolute atomic E-state index is 11.9. The number of rotatable bonds is 5. The smallest absolute Gasteiger partial charge is 0.274 e. The van der Waals surface area contributed by atoms with E-state index in [1.54, 1.807) is 19.2 Å². The molecule has 0 bridgehead atoms. The van der Waals surface area contributed by atoms with Crippen molar-refractivity contribution in [2.24, 2.45) is 11.0 Å². The summed E-state index contributed by atoms with van der Waals surface area (Å²) in [6.45, 7) is 11.3. The molecule has 1 N–H and O–H groups in total. The van der Waals surface area contributed by atoms with Gasteiger partial charge in [-0.1, -0.05) is 13.8 Å². The van der Waals surface area contributed by atoms with Gasteiger partial charge in [0.05, 0.1) is 18.0 Å². The summed E-state index contributed by atoms with van der Waals surface area (Å²) in [6.07, 6.45) is 3.18. The molecule has 0 saturated heterocycles. The number of hydrogen-bond acceptors (Lipinski definition) is 3. The number of carbonyl (C=O) groups excluding carboxylic acids is 1. The van der Waals surface area contributed by atoms with Crippen molar-refractivity contribution >= 4 is 12.1 Å². The van der Waals surface area contributed by atoms with Crippen molar-refractivity contribution in [3.05, 3.63) is 46.7 Å². The van der Waals surface area contributed by atoms with E-state index in [2.05, 4.69) is 48.9 Å². The number of nitrogens with one attached hydrogen (secondary N) is 1. The van der Waals surface area contributed by atoms with Crippen LogP contribution in [-0.2, 0) is 6.54 Å². The third kappa shape index (κ3) is 3.47. The number of furan rings is 1. The lowest BCUT2D eigenvalue weighted by molar-refractivity contribution is 0.0953. The van der Waals surface area contributed by atoms with Crippen molar-refractivity contribution in [2.75, 3.05) is 0 Å². The molecule has 0 aromatic carbocycles. The predicted octanol–water partition coefficient (Wildman–Crippen LogP) is 3.43. The minimum atomic E-state index is -0.265. The average molecular weight is 301 g/mol. The summed E-state index contributed by atoms with van der Waals surface area (Å²) < 4.78 is 7.38. The lowest BCUT2D eigenvalue weighted by Crippen LogP contribution is -2.17. The molecule has 0 aliphatic carbocycles. The molecule has 118 valence electrons. The standard InChI is InChI=1S/C17H23N3O2/c1-11(2)10-20-12(3)8-15(13(20)4)9-18-19-17(21)16-6-7-22-14(16)5/h6-9,11H,10H2,1-5H3,(H,19,21)/b18-9+. The molecule has 0 radical (unpaired) electrons. The van der Waals surface area contributed by atoms with Crippen LogP contribution in [0.4, 0.5) is 0 Å². The fourth-order valence-electron chi connectivity index (χ4n) is 2.45. The zero-order valence-electron chi connectivity index (χ0n) is 13.8. The third-order valence-electron chi connectivity index (χ3n) is 3.63. The molecule has 0 unspecified atom stereocenters. The molecule has 0 atom stereocenters. The van der Waals surface area contributed by atoms with Crippen molar-refractivity contribution in [1.82, 2.24) is 9.99 Å². The molecule has 5 heteroatoms. The van der Waals surface area contributed by atoms with Crippen molar-refractivity contribution < 1.29 is 9.21 Å². The summed E-state index contributed by atoms with van der Waals surface area (Å²) in [5, 5.41) is 4.05. The topological polar surface area (TPSA) is 59.5 Å². The second-order valence-electron chi connectivity index (χ2n) is 5.92. The van der Waals surface area contributed by atoms with Crippen LogP contribution < -0.4 is 5.43 Å². The van der Waals surface area contributed by atoms with Gasteiger partial charge in [0, 0.05) is 23.5 Å². The Kier molecular flexibility index (Phi) is 4.85. The molecule has 0 aliphatic heterocycles. The Labute approximate surface area is 131 Å². The number of hydrazone groups is 1. The Morgan fingerprint density at radius 2 is 2.14 bits per heavy atom. The van der Waals surface area contributed by atoms with Crippen LogP contribution in [0.1, 0.15) is 46.9 Å². The van der Waals surface area contributed by atoms with E-state index >= 15 is 0 Å². The van der Waals surface area contributed by atoms with Crippen LogP contribution >= 0.6 is 0 Å². The highest BCUT2D eigenvalue weighted by molar-refractivity contribution is 5.95. The van der Waals surface area contributed by atoms with E-state index in [1.165, 1.54) is 12.0 Å². The van der Waals surface area contributed by atoms with Gasteiger partial charge in [0.2, 0.25) is 0 Å². The van der Waals surface area contributed by atoms with Gasteiger partial charge >= 0.3 is 0 Å². The molecule has 2 aromatic rings. The van der Waals surface area contributed by atoms with Crippen LogP contribution in [-0.4, -0.2) is 16.7 Å². The summed E-state index contributed by atoms with van der Waals surface area (Å²) in [7, 11) is 0. The van der Waals surface area contributed by atoms with E-state index in [0.717, 1.165) is 17.8 Å². The first-order chi connectivity index (χ1) is 10.4. The van der Waals surface area contributed by atoms with Crippen molar-refractivity contribution in [1.29, 1.82) is 0 Å². The van der Waals surface area contributed by atoms with E-state index < -0.39 is 0 Å². The molecule has 0 aliphatic rings. The van der Waals surface area contributed by atoms with Crippen LogP contribution in [0, 0.1) is 26.7 Å². The normalized spacial score (nSPS) is 11.5. The number of carbonyl (C=O) groups is 1. The summed E-state index contributed by atoms with van der Waals surface area (Å²) in [5.41, 5.74) is 6.41. The van der Waals surface area contributed by atoms with Gasteiger partial charge < -0.3 is 8.98 Å². The molecule has 1 amide bonds. The van der Waals surface area contributed by atoms with Gasteiger partial charge in [0.15, 0.2) is 0 Å². The van der Waals surface area contributed by atoms with Gasteiger partial charge in [-0.25, -0.2) is 5.43 Å². The molecule has 2 rings (SSSR count). The molecule has 5 nitrogen and oxygen atoms in total. The van der Waals surface area contributed by atoms with Crippen molar-refractivity contribution in [3.8, 4) is 0 Å². The van der Waals surface area contributed by atoms with E-state index in [9.17, 15) is 4.79 Å². The van der Waals surface area contributed by atoms with E-state index in [1.807, 2.05) is 0 Å². The maximum Gasteiger partial charge on any atom is 0.274 e. The summed E-state index contributed by atoms with van der Waals surface area (Å²) in [5.74, 6) is 0.902. The highest BCUT2D eigenvalue weighted by atomic mass is 16.3. The first-order valence-electron chi connectivity index (χ1n) is 7.44. The van der Waals surface area contributed by atoms with E-state index in [0.29, 0.717) is 17.2 Å². The largest absolute Gasteiger partial charge is 0.469 e. The molecule has 0 fully saturated rings. The highest BCUT2D eigenvalue weighted by Gasteiger charge is 2.11. The molecule has 2 heterocycles. The summed E-state index contributed by atoms with van der Waals surface area (Å²) >= 11 is 0. The Hall–Kier alpha value is -2.30. The number of hydrogen-bond donors (Lipinski definition) is 1. The minimum absolute atomic E-state index is 0.265. The monoisotopic (exact) mass is 301 g/mol. The number of aryl methyl sites for hydroxylation is 2. The second kappa shape index (κ2) is 6.64. The van der Waals surface area contributed by atoms with Crippen LogP contribution in [0.15, 0.2) is 27.9 Å². The van der Waals surface area contributed by atoms with Gasteiger partial charge in [-0.05, 0) is 38.8 Å². The van der Waals surface area contributed by atoms with Crippen molar-refractivity contribution in [2.45, 2.75) is 41.2 Å². The van der Waals surface area contributed by atoms with Crippen LogP contribution in [0.5, 0.6) is 0 Å². The average Bonchev–Trinajstić information content (AvgIpc) is 2.97. The van der Waals surface area contributed by atoms with Gasteiger partial charge in [0.1, 0.15) is 5.76 Å². The maximum atomic E-state index is 11.9. The minimum Gasteiger partial charge on any atom is -0.469 e. The molecular weight excluding hydrogens is 278 g/mol. The van der Waals surface area contributed by atoms with Gasteiger partial charge in [0.25, 0.3) is 5.91 Å². The first-order valence-corrected chi connectivity index (χ1v) is 7.44. The third-order valence-corrected chi connectivity index (χ3v) is 3.63. The zero-order chi connectivity index (χ0) is 16.3. The van der Waals surface area contributed by atoms with Crippen LogP contribution in [0.3, 0.4) is 0 Å². The zero-order valence-corrected chi connectivity index (χ0v) is 13.8. The van der Waals surface area contributed by atoms with Crippen LogP contribution in [0.2, 0.25) is 0 Å². The lowest BCUT2D eigenvalue weighted by atomic mass is 10.2. The van der Waals surface area contributed by atoms with E-state index in [4.69, 9.17) is 4.42 Å².